The van der Waals surface area contributed by atoms with Gasteiger partial charge in [0.15, 0.2) is 0 Å². The fraction of sp³-hybridized carbons (Fsp3) is 0.400. The molecule has 1 saturated heterocycles. The molecule has 3 atom stereocenters. The Morgan fingerprint density at radius 1 is 1.21 bits per heavy atom. The van der Waals surface area contributed by atoms with E-state index in [0.717, 1.165) is 16.7 Å². The van der Waals surface area contributed by atoms with Crippen LogP contribution in [0.4, 0.5) is 17.6 Å². The molecule has 0 aromatic heterocycles. The minimum absolute atomic E-state index is 0.121. The molecule has 1 aliphatic rings. The second-order valence-corrected chi connectivity index (χ2v) is 9.25. The van der Waals surface area contributed by atoms with Crippen molar-refractivity contribution in [3.05, 3.63) is 58.9 Å². The normalized spacial score (nSPS) is 21.9. The maximum atomic E-state index is 15.2. The van der Waals surface area contributed by atoms with Gasteiger partial charge >= 0.3 is 5.51 Å². The third-order valence-electron chi connectivity index (χ3n) is 5.04. The van der Waals surface area contributed by atoms with Crippen LogP contribution in [0.15, 0.2) is 36.4 Å². The molecule has 158 valence electrons. The standard InChI is InChI=1S/C20H23F4N3OS/c1-12-8-13(2)10-15(9-12)16-5-3-4-14(19(16)21)11-18-17(6-7-26-18)27-29(25,28)20(22,23)24/h3-5,8-10,17-18,26H,6-7,11H2,1-2H3,(H2,25,27,28)/t17-,18-,29?/m0/s1. The number of nitrogens with one attached hydrogen (secondary N) is 3. The Bertz CT molecular complexity index is 985. The van der Waals surface area contributed by atoms with Gasteiger partial charge in [0, 0.05) is 17.6 Å². The van der Waals surface area contributed by atoms with Gasteiger partial charge in [-0.2, -0.15) is 13.2 Å². The Kier molecular flexibility index (Phi) is 6.03. The van der Waals surface area contributed by atoms with E-state index in [1.54, 1.807) is 18.2 Å². The summed E-state index contributed by atoms with van der Waals surface area (Å²) in [5.74, 6) is -0.424. The second kappa shape index (κ2) is 8.04. The molecule has 29 heavy (non-hydrogen) atoms. The third-order valence-corrected chi connectivity index (χ3v) is 6.33. The predicted octanol–water partition coefficient (Wildman–Crippen LogP) is 4.45. The SMILES string of the molecule is Cc1cc(C)cc(-c2cccc(C[C@@H]3NCC[C@@H]3NS(=N)(=O)C(F)(F)F)c2F)c1. The topological polar surface area (TPSA) is 65.0 Å². The minimum atomic E-state index is -5.16. The van der Waals surface area contributed by atoms with Crippen LogP contribution in [0.2, 0.25) is 0 Å². The van der Waals surface area contributed by atoms with Crippen LogP contribution in [0, 0.1) is 24.4 Å². The van der Waals surface area contributed by atoms with E-state index in [1.807, 2.05) is 36.8 Å². The van der Waals surface area contributed by atoms with Crippen LogP contribution in [0.5, 0.6) is 0 Å². The first-order valence-electron chi connectivity index (χ1n) is 9.20. The molecule has 3 rings (SSSR count). The van der Waals surface area contributed by atoms with Crippen molar-refractivity contribution in [1.29, 1.82) is 4.78 Å². The highest BCUT2D eigenvalue weighted by atomic mass is 32.2. The zero-order valence-electron chi connectivity index (χ0n) is 16.1. The molecular weight excluding hydrogens is 406 g/mol. The molecule has 0 amide bonds. The molecule has 0 radical (unpaired) electrons. The summed E-state index contributed by atoms with van der Waals surface area (Å²) in [6.45, 7) is 4.25. The lowest BCUT2D eigenvalue weighted by molar-refractivity contribution is -0.0420. The van der Waals surface area contributed by atoms with E-state index < -0.39 is 33.3 Å². The largest absolute Gasteiger partial charge is 0.492 e. The molecule has 0 bridgehead atoms. The quantitative estimate of drug-likeness (QED) is 0.615. The number of alkyl halides is 3. The van der Waals surface area contributed by atoms with Crippen LogP contribution >= 0.6 is 0 Å². The van der Waals surface area contributed by atoms with Crippen molar-refractivity contribution in [3.63, 3.8) is 0 Å². The summed E-state index contributed by atoms with van der Waals surface area (Å²) >= 11 is 0. The number of halogens is 4. The highest BCUT2D eigenvalue weighted by molar-refractivity contribution is 7.91. The van der Waals surface area contributed by atoms with Gasteiger partial charge in [0.05, 0.1) is 0 Å². The summed E-state index contributed by atoms with van der Waals surface area (Å²) in [5.41, 5.74) is -1.63. The summed E-state index contributed by atoms with van der Waals surface area (Å²) in [5, 5.41) is 3.03. The Labute approximate surface area is 167 Å². The summed E-state index contributed by atoms with van der Waals surface area (Å²) in [6, 6.07) is 9.33. The van der Waals surface area contributed by atoms with Crippen LogP contribution in [-0.4, -0.2) is 28.3 Å². The smallest absolute Gasteiger partial charge is 0.312 e. The van der Waals surface area contributed by atoms with Crippen molar-refractivity contribution >= 4 is 9.92 Å². The molecule has 4 nitrogen and oxygen atoms in total. The fourth-order valence-electron chi connectivity index (χ4n) is 3.73. The molecule has 3 N–H and O–H groups in total. The first-order valence-corrected chi connectivity index (χ1v) is 10.8. The Morgan fingerprint density at radius 3 is 2.48 bits per heavy atom. The van der Waals surface area contributed by atoms with Crippen molar-refractivity contribution in [2.45, 2.75) is 44.3 Å². The number of aryl methyl sites for hydroxylation is 2. The van der Waals surface area contributed by atoms with Gasteiger partial charge < -0.3 is 5.32 Å². The molecule has 1 heterocycles. The third kappa shape index (κ3) is 4.79. The van der Waals surface area contributed by atoms with Gasteiger partial charge in [-0.3, -0.25) is 0 Å². The molecule has 0 aliphatic carbocycles. The van der Waals surface area contributed by atoms with Crippen LogP contribution in [-0.2, 0) is 16.3 Å². The van der Waals surface area contributed by atoms with E-state index in [2.05, 4.69) is 5.32 Å². The van der Waals surface area contributed by atoms with Crippen LogP contribution < -0.4 is 10.0 Å². The number of benzene rings is 2. The van der Waals surface area contributed by atoms with Gasteiger partial charge in [0.2, 0.25) is 9.92 Å². The zero-order valence-corrected chi connectivity index (χ0v) is 16.9. The molecule has 2 aromatic rings. The Balaban J connectivity index is 1.85. The van der Waals surface area contributed by atoms with E-state index in [1.165, 1.54) is 0 Å². The van der Waals surface area contributed by atoms with E-state index in [4.69, 9.17) is 4.78 Å². The predicted molar refractivity (Wildman–Crippen MR) is 105 cm³/mol. The summed E-state index contributed by atoms with van der Waals surface area (Å²) < 4.78 is 74.3. The van der Waals surface area contributed by atoms with Gasteiger partial charge in [-0.05, 0) is 44.4 Å². The summed E-state index contributed by atoms with van der Waals surface area (Å²) in [7, 11) is -4.96. The molecule has 1 fully saturated rings. The second-order valence-electron chi connectivity index (χ2n) is 7.43. The Hall–Kier alpha value is -1.97. The molecule has 0 spiro atoms. The van der Waals surface area contributed by atoms with Crippen LogP contribution in [0.1, 0.15) is 23.1 Å². The van der Waals surface area contributed by atoms with Gasteiger partial charge in [-0.15, -0.1) is 0 Å². The van der Waals surface area contributed by atoms with Crippen molar-refractivity contribution in [1.82, 2.24) is 10.0 Å². The Morgan fingerprint density at radius 2 is 1.86 bits per heavy atom. The van der Waals surface area contributed by atoms with E-state index in [9.17, 15) is 17.4 Å². The van der Waals surface area contributed by atoms with Crippen molar-refractivity contribution in [2.24, 2.45) is 0 Å². The zero-order chi connectivity index (χ0) is 21.4. The lowest BCUT2D eigenvalue weighted by atomic mass is 9.95. The van der Waals surface area contributed by atoms with Crippen molar-refractivity contribution < 1.29 is 21.8 Å². The van der Waals surface area contributed by atoms with Crippen molar-refractivity contribution in [2.75, 3.05) is 6.54 Å². The lowest BCUT2D eigenvalue weighted by Gasteiger charge is -2.23. The van der Waals surface area contributed by atoms with Crippen LogP contribution in [0.25, 0.3) is 11.1 Å². The van der Waals surface area contributed by atoms with Gasteiger partial charge in [-0.25, -0.2) is 18.1 Å². The molecular formula is C20H23F4N3OS. The monoisotopic (exact) mass is 429 g/mol. The molecule has 0 saturated carbocycles. The maximum absolute atomic E-state index is 15.2. The number of hydrogen-bond acceptors (Lipinski definition) is 3. The highest BCUT2D eigenvalue weighted by Crippen LogP contribution is 2.29. The van der Waals surface area contributed by atoms with Gasteiger partial charge in [0.25, 0.3) is 0 Å². The molecule has 2 aromatic carbocycles. The van der Waals surface area contributed by atoms with E-state index in [-0.39, 0.29) is 12.8 Å². The number of hydrogen-bond donors (Lipinski definition) is 3. The first-order chi connectivity index (χ1) is 13.5. The van der Waals surface area contributed by atoms with Gasteiger partial charge in [0.1, 0.15) is 5.82 Å². The molecule has 9 heteroatoms. The van der Waals surface area contributed by atoms with E-state index in [0.29, 0.717) is 17.7 Å². The lowest BCUT2D eigenvalue weighted by Crippen LogP contribution is -2.48. The molecule has 1 unspecified atom stereocenters. The first kappa shape index (κ1) is 21.7. The molecule has 1 aliphatic heterocycles. The average Bonchev–Trinajstić information content (AvgIpc) is 3.01. The minimum Gasteiger partial charge on any atom is -0.312 e. The summed E-state index contributed by atoms with van der Waals surface area (Å²) in [6.07, 6.45) is 0.393. The van der Waals surface area contributed by atoms with Crippen LogP contribution in [0.3, 0.4) is 0 Å². The van der Waals surface area contributed by atoms with Crippen molar-refractivity contribution in [3.8, 4) is 11.1 Å². The van der Waals surface area contributed by atoms with E-state index >= 15 is 4.39 Å². The summed E-state index contributed by atoms with van der Waals surface area (Å²) in [4.78, 5) is 0. The van der Waals surface area contributed by atoms with Gasteiger partial charge in [-0.1, -0.05) is 47.5 Å². The fourth-order valence-corrected chi connectivity index (χ4v) is 4.57. The highest BCUT2D eigenvalue weighted by Gasteiger charge is 2.44. The maximum Gasteiger partial charge on any atom is 0.492 e. The number of rotatable bonds is 5. The average molecular weight is 429 g/mol.